The molecule has 1 unspecified atom stereocenters. The summed E-state index contributed by atoms with van der Waals surface area (Å²) in [5.41, 5.74) is 0. The predicted octanol–water partition coefficient (Wildman–Crippen LogP) is 21.9. The second-order valence-electron chi connectivity index (χ2n) is 20.2. The summed E-state index contributed by atoms with van der Waals surface area (Å²) in [6.45, 7) is 6.31. The molecule has 79 heavy (non-hydrogen) atoms. The fraction of sp³-hybridized carbons (Fsp3) is 0.575. The lowest BCUT2D eigenvalue weighted by molar-refractivity contribution is -0.167. The van der Waals surface area contributed by atoms with Crippen LogP contribution in [0.15, 0.2) is 170 Å². The lowest BCUT2D eigenvalue weighted by Crippen LogP contribution is -2.30. The molecule has 0 aromatic carbocycles. The largest absolute Gasteiger partial charge is 0.462 e. The molecule has 0 rings (SSSR count). The van der Waals surface area contributed by atoms with E-state index in [9.17, 15) is 14.4 Å². The van der Waals surface area contributed by atoms with E-state index in [0.29, 0.717) is 25.7 Å². The number of carbonyl (C=O) groups excluding carboxylic acids is 3. The van der Waals surface area contributed by atoms with Gasteiger partial charge in [-0.15, -0.1) is 0 Å². The number of carbonyl (C=O) groups is 3. The van der Waals surface area contributed by atoms with Gasteiger partial charge in [-0.05, 0) is 148 Å². The molecule has 0 amide bonds. The average Bonchev–Trinajstić information content (AvgIpc) is 3.45. The topological polar surface area (TPSA) is 78.9 Å². The minimum absolute atomic E-state index is 0.109. The van der Waals surface area contributed by atoms with Gasteiger partial charge in [0, 0.05) is 19.3 Å². The molecule has 6 nitrogen and oxygen atoms in total. The van der Waals surface area contributed by atoms with Gasteiger partial charge in [-0.25, -0.2) is 0 Å². The van der Waals surface area contributed by atoms with E-state index in [1.54, 1.807) is 0 Å². The van der Waals surface area contributed by atoms with Crippen LogP contribution >= 0.6 is 0 Å². The minimum Gasteiger partial charge on any atom is -0.462 e. The number of allylic oxidation sites excluding steroid dienone is 28. The van der Waals surface area contributed by atoms with Crippen molar-refractivity contribution < 1.29 is 28.6 Å². The third-order valence-electron chi connectivity index (χ3n) is 12.7. The van der Waals surface area contributed by atoms with Crippen molar-refractivity contribution in [2.45, 2.75) is 258 Å². The minimum atomic E-state index is -0.816. The Morgan fingerprint density at radius 1 is 0.266 bits per heavy atom. The highest BCUT2D eigenvalue weighted by atomic mass is 16.6. The zero-order valence-electron chi connectivity index (χ0n) is 50.6. The highest BCUT2D eigenvalue weighted by Crippen LogP contribution is 2.14. The molecule has 0 radical (unpaired) electrons. The number of ether oxygens (including phenoxy) is 3. The van der Waals surface area contributed by atoms with Crippen molar-refractivity contribution in [1.82, 2.24) is 0 Å². The van der Waals surface area contributed by atoms with Crippen LogP contribution in [-0.4, -0.2) is 37.2 Å². The molecule has 1 atom stereocenters. The monoisotopic (exact) mass is 1090 g/mol. The van der Waals surface area contributed by atoms with Gasteiger partial charge in [-0.2, -0.15) is 0 Å². The molecule has 0 aliphatic carbocycles. The molecule has 0 aromatic heterocycles. The summed E-state index contributed by atoms with van der Waals surface area (Å²) in [5.74, 6) is -0.981. The first-order chi connectivity index (χ1) is 39.0. The Morgan fingerprint density at radius 2 is 0.494 bits per heavy atom. The van der Waals surface area contributed by atoms with E-state index >= 15 is 0 Å². The summed E-state index contributed by atoms with van der Waals surface area (Å²) in [7, 11) is 0. The lowest BCUT2D eigenvalue weighted by Gasteiger charge is -2.18. The van der Waals surface area contributed by atoms with Crippen LogP contribution in [-0.2, 0) is 28.6 Å². The van der Waals surface area contributed by atoms with E-state index in [2.05, 4.69) is 191 Å². The summed E-state index contributed by atoms with van der Waals surface area (Å²) < 4.78 is 16.8. The van der Waals surface area contributed by atoms with Crippen LogP contribution in [0, 0.1) is 0 Å². The Bertz CT molecular complexity index is 1820. The lowest BCUT2D eigenvalue weighted by atomic mass is 10.1. The molecule has 0 saturated carbocycles. The first-order valence-corrected chi connectivity index (χ1v) is 31.6. The van der Waals surface area contributed by atoms with Crippen molar-refractivity contribution in [3.63, 3.8) is 0 Å². The average molecular weight is 1090 g/mol. The zero-order valence-corrected chi connectivity index (χ0v) is 50.6. The summed E-state index contributed by atoms with van der Waals surface area (Å²) in [5, 5.41) is 0. The van der Waals surface area contributed by atoms with E-state index in [0.717, 1.165) is 161 Å². The van der Waals surface area contributed by atoms with Crippen LogP contribution in [0.5, 0.6) is 0 Å². The predicted molar refractivity (Wildman–Crippen MR) is 343 cm³/mol. The number of unbranched alkanes of at least 4 members (excludes halogenated alkanes) is 16. The van der Waals surface area contributed by atoms with Gasteiger partial charge in [0.15, 0.2) is 6.10 Å². The van der Waals surface area contributed by atoms with E-state index in [-0.39, 0.29) is 31.1 Å². The Labute approximate surface area is 485 Å². The molecule has 6 heteroatoms. The number of hydrogen-bond donors (Lipinski definition) is 0. The van der Waals surface area contributed by atoms with Crippen LogP contribution in [0.2, 0.25) is 0 Å². The summed E-state index contributed by atoms with van der Waals surface area (Å²) >= 11 is 0. The smallest absolute Gasteiger partial charge is 0.306 e. The van der Waals surface area contributed by atoms with E-state index in [1.165, 1.54) is 44.9 Å². The SMILES string of the molecule is CC/C=C\C/C=C\C/C=C\C/C=C\C/C=C\C/C=C\C/C=C\C/C=C\CCCCC(=O)OCC(COC(=O)CCCCCCC/C=C\CCCC)OC(=O)CCCCCCCCC/C=C\C/C=C\C/C=C\C/C=C\C/C=C\CC. The van der Waals surface area contributed by atoms with Crippen LogP contribution in [0.3, 0.4) is 0 Å². The Balaban J connectivity index is 4.45. The Morgan fingerprint density at radius 3 is 0.810 bits per heavy atom. The third kappa shape index (κ3) is 63.5. The van der Waals surface area contributed by atoms with Crippen LogP contribution < -0.4 is 0 Å². The molecule has 0 aliphatic heterocycles. The molecule has 0 heterocycles. The van der Waals surface area contributed by atoms with Crippen molar-refractivity contribution in [2.24, 2.45) is 0 Å². The molecule has 0 aliphatic rings. The first-order valence-electron chi connectivity index (χ1n) is 31.6. The van der Waals surface area contributed by atoms with Crippen LogP contribution in [0.25, 0.3) is 0 Å². The normalized spacial score (nSPS) is 13.3. The van der Waals surface area contributed by atoms with Gasteiger partial charge in [0.25, 0.3) is 0 Å². The molecule has 0 aromatic rings. The molecular formula is C73H114O6. The van der Waals surface area contributed by atoms with Crippen molar-refractivity contribution in [3.8, 4) is 0 Å². The van der Waals surface area contributed by atoms with Gasteiger partial charge in [-0.3, -0.25) is 14.4 Å². The maximum absolute atomic E-state index is 12.9. The maximum atomic E-state index is 12.9. The molecular weight excluding hydrogens is 973 g/mol. The van der Waals surface area contributed by atoms with Gasteiger partial charge >= 0.3 is 17.9 Å². The van der Waals surface area contributed by atoms with Crippen molar-refractivity contribution in [3.05, 3.63) is 170 Å². The molecule has 0 bridgehead atoms. The summed E-state index contributed by atoms with van der Waals surface area (Å²) in [4.78, 5) is 38.2. The fourth-order valence-electron chi connectivity index (χ4n) is 7.99. The molecule has 0 saturated heterocycles. The Kier molecular flexibility index (Phi) is 61.0. The number of esters is 3. The summed E-state index contributed by atoms with van der Waals surface area (Å²) in [6, 6.07) is 0. The highest BCUT2D eigenvalue weighted by molar-refractivity contribution is 5.71. The van der Waals surface area contributed by atoms with Gasteiger partial charge in [0.2, 0.25) is 0 Å². The number of hydrogen-bond acceptors (Lipinski definition) is 6. The maximum Gasteiger partial charge on any atom is 0.306 e. The van der Waals surface area contributed by atoms with Gasteiger partial charge in [0.05, 0.1) is 0 Å². The third-order valence-corrected chi connectivity index (χ3v) is 12.7. The van der Waals surface area contributed by atoms with Crippen molar-refractivity contribution in [1.29, 1.82) is 0 Å². The Hall–Kier alpha value is -5.23. The van der Waals surface area contributed by atoms with Crippen molar-refractivity contribution >= 4 is 17.9 Å². The molecule has 442 valence electrons. The van der Waals surface area contributed by atoms with Crippen molar-refractivity contribution in [2.75, 3.05) is 13.2 Å². The number of rotatable bonds is 55. The zero-order chi connectivity index (χ0) is 57.1. The van der Waals surface area contributed by atoms with Gasteiger partial charge in [-0.1, -0.05) is 255 Å². The second kappa shape index (κ2) is 65.3. The quantitative estimate of drug-likeness (QED) is 0.0261. The molecule has 0 fully saturated rings. The molecule has 0 spiro atoms. The van der Waals surface area contributed by atoms with Gasteiger partial charge < -0.3 is 14.2 Å². The molecule has 0 N–H and O–H groups in total. The van der Waals surface area contributed by atoms with E-state index in [1.807, 2.05) is 0 Å². The van der Waals surface area contributed by atoms with Crippen LogP contribution in [0.4, 0.5) is 0 Å². The highest BCUT2D eigenvalue weighted by Gasteiger charge is 2.19. The van der Waals surface area contributed by atoms with E-state index < -0.39 is 6.10 Å². The van der Waals surface area contributed by atoms with Crippen LogP contribution in [0.1, 0.15) is 252 Å². The second-order valence-corrected chi connectivity index (χ2v) is 20.2. The standard InChI is InChI=1S/C73H114O6/c1-4-7-10-13-16-19-22-24-26-28-30-32-34-35-36-37-39-40-42-44-46-48-51-54-57-60-63-66-72(75)78-69-70(68-77-71(74)65-62-59-56-53-50-21-18-15-12-9-6-3)79-73(76)67-64-61-58-55-52-49-47-45-43-41-38-33-31-29-27-25-23-20-17-14-11-8-5-2/h7-8,10-11,15-20,24-27,30-33,35-36,39-41,43-44,46,51,54,70H,4-6,9,12-14,21-23,28-29,34,37-38,42,45,47-50,52-53,55-69H2,1-3H3/b10-7-,11-8-,18-15-,19-16-,20-17-,26-24-,27-25-,32-30-,33-31-,36-35-,40-39-,43-41-,46-44-,54-51-. The summed E-state index contributed by atoms with van der Waals surface area (Å²) in [6.07, 6.45) is 96.4. The van der Waals surface area contributed by atoms with Gasteiger partial charge in [0.1, 0.15) is 13.2 Å². The first kappa shape index (κ1) is 73.8. The van der Waals surface area contributed by atoms with E-state index in [4.69, 9.17) is 14.2 Å². The fourth-order valence-corrected chi connectivity index (χ4v) is 7.99.